The average molecular weight is 349 g/mol. The van der Waals surface area contributed by atoms with E-state index in [1.54, 1.807) is 11.7 Å². The smallest absolute Gasteiger partial charge is 0.290 e. The lowest BCUT2D eigenvalue weighted by Crippen LogP contribution is -2.19. The van der Waals surface area contributed by atoms with E-state index in [1.165, 1.54) is 0 Å². The molecule has 0 unspecified atom stereocenters. The van der Waals surface area contributed by atoms with Crippen LogP contribution in [0.25, 0.3) is 5.70 Å². The van der Waals surface area contributed by atoms with Crippen LogP contribution in [0.2, 0.25) is 0 Å². The van der Waals surface area contributed by atoms with Gasteiger partial charge in [0.2, 0.25) is 5.82 Å². The summed E-state index contributed by atoms with van der Waals surface area (Å²) in [6.45, 7) is 4.49. The lowest BCUT2D eigenvalue weighted by atomic mass is 10.1. The minimum atomic E-state index is -0.329. The molecule has 2 N–H and O–H groups in total. The van der Waals surface area contributed by atoms with Crippen LogP contribution in [0.4, 0.5) is 11.4 Å². The normalized spacial score (nSPS) is 14.3. The third kappa shape index (κ3) is 3.19. The van der Waals surface area contributed by atoms with E-state index in [4.69, 9.17) is 10.3 Å². The number of nitriles is 1. The van der Waals surface area contributed by atoms with Crippen LogP contribution >= 0.6 is 0 Å². The Labute approximate surface area is 151 Å². The molecule has 8 heteroatoms. The van der Waals surface area contributed by atoms with Crippen molar-refractivity contribution in [3.05, 3.63) is 41.5 Å². The van der Waals surface area contributed by atoms with Crippen molar-refractivity contribution in [1.82, 2.24) is 20.1 Å². The number of anilines is 1. The van der Waals surface area contributed by atoms with Gasteiger partial charge in [-0.1, -0.05) is 0 Å². The van der Waals surface area contributed by atoms with Crippen LogP contribution in [0.1, 0.15) is 36.7 Å². The number of allylic oxidation sites excluding steroid dienone is 2. The van der Waals surface area contributed by atoms with Gasteiger partial charge in [0.15, 0.2) is 5.82 Å². The highest BCUT2D eigenvalue weighted by atomic mass is 16.2. The SMILES string of the molecule is CNC(=O)c1nc2n(n1)C(C)=C(C)C2=Nc1ccc(NCCC#N)cc1. The van der Waals surface area contributed by atoms with Crippen LogP contribution in [0.3, 0.4) is 0 Å². The number of aromatic nitrogens is 3. The topological polar surface area (TPSA) is 108 Å². The maximum absolute atomic E-state index is 11.8. The summed E-state index contributed by atoms with van der Waals surface area (Å²) < 4.78 is 1.65. The van der Waals surface area contributed by atoms with Gasteiger partial charge in [0.1, 0.15) is 5.71 Å². The van der Waals surface area contributed by atoms with Gasteiger partial charge in [-0.3, -0.25) is 4.79 Å². The molecule has 0 bridgehead atoms. The number of rotatable bonds is 5. The lowest BCUT2D eigenvalue weighted by Gasteiger charge is -2.04. The van der Waals surface area contributed by atoms with Crippen LogP contribution in [0.5, 0.6) is 0 Å². The molecule has 1 amide bonds. The first kappa shape index (κ1) is 17.4. The maximum Gasteiger partial charge on any atom is 0.290 e. The fraction of sp³-hybridized carbons (Fsp3) is 0.278. The first-order valence-electron chi connectivity index (χ1n) is 8.22. The van der Waals surface area contributed by atoms with E-state index in [-0.39, 0.29) is 11.7 Å². The van der Waals surface area contributed by atoms with Gasteiger partial charge in [-0.25, -0.2) is 14.7 Å². The Kier molecular flexibility index (Phi) is 4.80. The Morgan fingerprint density at radius 3 is 2.69 bits per heavy atom. The predicted molar refractivity (Wildman–Crippen MR) is 99.3 cm³/mol. The third-order valence-corrected chi connectivity index (χ3v) is 4.14. The molecule has 0 saturated carbocycles. The molecule has 0 radical (unpaired) electrons. The molecule has 1 aromatic carbocycles. The summed E-state index contributed by atoms with van der Waals surface area (Å²) >= 11 is 0. The van der Waals surface area contributed by atoms with Crippen LogP contribution in [0.15, 0.2) is 34.8 Å². The number of hydrogen-bond acceptors (Lipinski definition) is 6. The van der Waals surface area contributed by atoms with E-state index >= 15 is 0 Å². The van der Waals surface area contributed by atoms with Crippen molar-refractivity contribution in [3.8, 4) is 6.07 Å². The molecule has 0 saturated heterocycles. The molecule has 1 aromatic heterocycles. The van der Waals surface area contributed by atoms with Gasteiger partial charge in [0.25, 0.3) is 5.91 Å². The van der Waals surface area contributed by atoms with Crippen LogP contribution in [-0.4, -0.2) is 40.0 Å². The second-order valence-corrected chi connectivity index (χ2v) is 5.80. The summed E-state index contributed by atoms with van der Waals surface area (Å²) in [6, 6.07) is 9.71. The van der Waals surface area contributed by atoms with E-state index in [0.29, 0.717) is 24.5 Å². The zero-order valence-electron chi connectivity index (χ0n) is 14.9. The monoisotopic (exact) mass is 349 g/mol. The van der Waals surface area contributed by atoms with Crippen molar-refractivity contribution in [2.45, 2.75) is 20.3 Å². The van der Waals surface area contributed by atoms with Gasteiger partial charge >= 0.3 is 0 Å². The molecule has 2 aromatic rings. The van der Waals surface area contributed by atoms with Crippen molar-refractivity contribution in [2.75, 3.05) is 18.9 Å². The molecule has 8 nitrogen and oxygen atoms in total. The first-order chi connectivity index (χ1) is 12.5. The van der Waals surface area contributed by atoms with E-state index in [0.717, 1.165) is 22.6 Å². The molecule has 0 aliphatic carbocycles. The van der Waals surface area contributed by atoms with E-state index in [9.17, 15) is 4.79 Å². The van der Waals surface area contributed by atoms with Crippen molar-refractivity contribution in [1.29, 1.82) is 5.26 Å². The molecule has 0 atom stereocenters. The number of fused-ring (bicyclic) bond motifs is 1. The molecular weight excluding hydrogens is 330 g/mol. The predicted octanol–water partition coefficient (Wildman–Crippen LogP) is 2.35. The number of amides is 1. The third-order valence-electron chi connectivity index (χ3n) is 4.14. The number of nitrogens with one attached hydrogen (secondary N) is 2. The van der Waals surface area contributed by atoms with Crippen LogP contribution < -0.4 is 10.6 Å². The molecule has 132 valence electrons. The maximum atomic E-state index is 11.8. The molecule has 3 rings (SSSR count). The van der Waals surface area contributed by atoms with E-state index in [1.807, 2.05) is 38.1 Å². The second kappa shape index (κ2) is 7.19. The summed E-state index contributed by atoms with van der Waals surface area (Å²) in [5.41, 5.74) is 4.28. The molecule has 1 aliphatic rings. The quantitative estimate of drug-likeness (QED) is 0.806. The van der Waals surface area contributed by atoms with Crippen molar-refractivity contribution in [2.24, 2.45) is 4.99 Å². The number of carbonyl (C=O) groups is 1. The first-order valence-corrected chi connectivity index (χ1v) is 8.22. The average Bonchev–Trinajstić information content (AvgIpc) is 3.18. The summed E-state index contributed by atoms with van der Waals surface area (Å²) in [6.07, 6.45) is 0.455. The molecule has 2 heterocycles. The summed E-state index contributed by atoms with van der Waals surface area (Å²) in [7, 11) is 1.55. The van der Waals surface area contributed by atoms with Gasteiger partial charge in [-0.15, -0.1) is 5.10 Å². The minimum absolute atomic E-state index is 0.124. The molecule has 1 aliphatic heterocycles. The van der Waals surface area contributed by atoms with Crippen LogP contribution in [0, 0.1) is 11.3 Å². The largest absolute Gasteiger partial charge is 0.384 e. The van der Waals surface area contributed by atoms with Crippen molar-refractivity contribution in [3.63, 3.8) is 0 Å². The fourth-order valence-corrected chi connectivity index (χ4v) is 2.58. The Bertz CT molecular complexity index is 945. The van der Waals surface area contributed by atoms with Crippen molar-refractivity contribution >= 4 is 28.7 Å². The number of nitrogens with zero attached hydrogens (tertiary/aromatic N) is 5. The fourth-order valence-electron chi connectivity index (χ4n) is 2.58. The Balaban J connectivity index is 1.89. The second-order valence-electron chi connectivity index (χ2n) is 5.80. The standard InChI is InChI=1S/C18H19N7O/c1-11-12(2)25-17(23-16(24-25)18(26)20-3)15(11)22-14-7-5-13(6-8-14)21-10-4-9-19/h5-8,21H,4,10H2,1-3H3,(H,20,26). The van der Waals surface area contributed by atoms with Crippen LogP contribution in [-0.2, 0) is 0 Å². The van der Waals surface area contributed by atoms with Gasteiger partial charge in [0.05, 0.1) is 18.2 Å². The van der Waals surface area contributed by atoms with E-state index < -0.39 is 0 Å². The zero-order chi connectivity index (χ0) is 18.7. The number of hydrogen-bond donors (Lipinski definition) is 2. The van der Waals surface area contributed by atoms with Gasteiger partial charge in [0, 0.05) is 25.0 Å². The molecular formula is C18H19N7O. The Morgan fingerprint density at radius 1 is 1.31 bits per heavy atom. The highest BCUT2D eigenvalue weighted by Crippen LogP contribution is 2.27. The number of benzene rings is 1. The Morgan fingerprint density at radius 2 is 2.04 bits per heavy atom. The molecule has 0 fully saturated rings. The summed E-state index contributed by atoms with van der Waals surface area (Å²) in [5.74, 6) is 0.360. The Hall–Kier alpha value is -3.47. The summed E-state index contributed by atoms with van der Waals surface area (Å²) in [4.78, 5) is 20.8. The highest BCUT2D eigenvalue weighted by Gasteiger charge is 2.28. The molecule has 26 heavy (non-hydrogen) atoms. The molecule has 0 spiro atoms. The van der Waals surface area contributed by atoms with E-state index in [2.05, 4.69) is 26.8 Å². The zero-order valence-corrected chi connectivity index (χ0v) is 14.9. The number of aliphatic imine (C=N–C) groups is 1. The van der Waals surface area contributed by atoms with Crippen molar-refractivity contribution < 1.29 is 4.79 Å². The summed E-state index contributed by atoms with van der Waals surface area (Å²) in [5, 5.41) is 18.5. The number of carbonyl (C=O) groups excluding carboxylic acids is 1. The van der Waals surface area contributed by atoms with Gasteiger partial charge in [-0.05, 0) is 43.7 Å². The van der Waals surface area contributed by atoms with Gasteiger partial charge in [-0.2, -0.15) is 5.26 Å². The minimum Gasteiger partial charge on any atom is -0.384 e. The lowest BCUT2D eigenvalue weighted by molar-refractivity contribution is 0.0953. The highest BCUT2D eigenvalue weighted by molar-refractivity contribution is 6.17. The van der Waals surface area contributed by atoms with Gasteiger partial charge < -0.3 is 10.6 Å².